The summed E-state index contributed by atoms with van der Waals surface area (Å²) >= 11 is 2.76. The van der Waals surface area contributed by atoms with Crippen molar-refractivity contribution in [3.05, 3.63) is 112 Å². The molecule has 0 bridgehead atoms. The lowest BCUT2D eigenvalue weighted by Gasteiger charge is -2.33. The van der Waals surface area contributed by atoms with Crippen LogP contribution in [0.25, 0.3) is 6.08 Å². The number of rotatable bonds is 11. The fraction of sp³-hybridized carbons (Fsp3) is 0.282. The fourth-order valence-corrected chi connectivity index (χ4v) is 7.83. The molecule has 260 valence electrons. The second kappa shape index (κ2) is 16.2. The van der Waals surface area contributed by atoms with Gasteiger partial charge in [0.1, 0.15) is 16.4 Å². The number of carbonyl (C=O) groups is 4. The van der Waals surface area contributed by atoms with Gasteiger partial charge in [-0.2, -0.15) is 0 Å². The Labute approximate surface area is 300 Å². The molecule has 3 amide bonds. The van der Waals surface area contributed by atoms with Crippen molar-refractivity contribution in [2.45, 2.75) is 44.9 Å². The first kappa shape index (κ1) is 36.4. The Morgan fingerprint density at radius 3 is 2.42 bits per heavy atom. The highest BCUT2D eigenvalue weighted by atomic mass is 32.2. The van der Waals surface area contributed by atoms with Gasteiger partial charge in [-0.3, -0.25) is 14.4 Å². The van der Waals surface area contributed by atoms with Crippen molar-refractivity contribution < 1.29 is 28.7 Å². The number of hydrogen-bond donors (Lipinski definition) is 3. The van der Waals surface area contributed by atoms with E-state index < -0.39 is 17.8 Å². The first-order valence-corrected chi connectivity index (χ1v) is 18.0. The van der Waals surface area contributed by atoms with Crippen molar-refractivity contribution >= 4 is 63.6 Å². The quantitative estimate of drug-likeness (QED) is 0.0824. The minimum atomic E-state index is -0.525. The summed E-state index contributed by atoms with van der Waals surface area (Å²) in [5.74, 6) is -0.477. The van der Waals surface area contributed by atoms with Crippen LogP contribution in [-0.4, -0.2) is 43.7 Å². The molecule has 1 unspecified atom stereocenters. The molecule has 0 fully saturated rings. The highest BCUT2D eigenvalue weighted by Gasteiger charge is 2.34. The van der Waals surface area contributed by atoms with Crippen LogP contribution in [-0.2, 0) is 27.2 Å². The molecule has 11 heteroatoms. The molecule has 3 N–H and O–H groups in total. The maximum absolute atomic E-state index is 13.6. The third-order valence-corrected chi connectivity index (χ3v) is 10.7. The van der Waals surface area contributed by atoms with E-state index in [-0.39, 0.29) is 22.8 Å². The minimum Gasteiger partial charge on any atom is -0.497 e. The number of fused-ring (bicyclic) bond motifs is 1. The maximum atomic E-state index is 13.6. The number of thioether (sulfide) groups is 1. The highest BCUT2D eigenvalue weighted by Crippen LogP contribution is 2.44. The van der Waals surface area contributed by atoms with Crippen LogP contribution < -0.4 is 20.7 Å². The molecule has 0 radical (unpaired) electrons. The Morgan fingerprint density at radius 2 is 1.70 bits per heavy atom. The lowest BCUT2D eigenvalue weighted by molar-refractivity contribution is -0.114. The standard InChI is InChI=1S/C39H41N3O6S2/c1-39(2,3)26-17-18-30-32(21-26)50-37(34(30)38(46)48-5)42-33(43)23-49-29-16-10-14-27(22-29)40-36(45)31(20-24-11-9-15-28(19-24)47-4)41-35(44)25-12-7-6-8-13-25/h6-16,19-20,22,26H,17-18,21,23H2,1-5H3,(H,40,45)(H,41,44)(H,42,43)/b31-20-. The number of benzene rings is 3. The zero-order valence-corrected chi connectivity index (χ0v) is 30.4. The summed E-state index contributed by atoms with van der Waals surface area (Å²) in [6, 6.07) is 22.9. The van der Waals surface area contributed by atoms with Crippen LogP contribution in [0.5, 0.6) is 5.75 Å². The molecular weight excluding hydrogens is 671 g/mol. The van der Waals surface area contributed by atoms with Gasteiger partial charge < -0.3 is 25.4 Å². The van der Waals surface area contributed by atoms with Crippen LogP contribution in [0.3, 0.4) is 0 Å². The summed E-state index contributed by atoms with van der Waals surface area (Å²) < 4.78 is 10.4. The zero-order chi connectivity index (χ0) is 35.8. The summed E-state index contributed by atoms with van der Waals surface area (Å²) in [5.41, 5.74) is 3.17. The molecule has 1 heterocycles. The number of nitrogens with one attached hydrogen (secondary N) is 3. The van der Waals surface area contributed by atoms with Crippen LogP contribution in [0.4, 0.5) is 10.7 Å². The first-order valence-electron chi connectivity index (χ1n) is 16.2. The molecule has 1 atom stereocenters. The largest absolute Gasteiger partial charge is 0.497 e. The van der Waals surface area contributed by atoms with Gasteiger partial charge in [-0.15, -0.1) is 23.1 Å². The molecule has 4 aromatic rings. The number of amides is 3. The average molecular weight is 712 g/mol. The van der Waals surface area contributed by atoms with E-state index in [4.69, 9.17) is 9.47 Å². The highest BCUT2D eigenvalue weighted by molar-refractivity contribution is 8.00. The minimum absolute atomic E-state index is 0.0402. The summed E-state index contributed by atoms with van der Waals surface area (Å²) in [7, 11) is 2.91. The number of esters is 1. The van der Waals surface area contributed by atoms with Crippen molar-refractivity contribution in [3.63, 3.8) is 0 Å². The third kappa shape index (κ3) is 9.22. The molecule has 0 saturated heterocycles. The molecule has 1 aliphatic carbocycles. The number of ether oxygens (including phenoxy) is 2. The van der Waals surface area contributed by atoms with E-state index in [1.807, 2.05) is 12.1 Å². The lowest BCUT2D eigenvalue weighted by atomic mass is 9.72. The smallest absolute Gasteiger partial charge is 0.341 e. The number of anilines is 2. The van der Waals surface area contributed by atoms with Gasteiger partial charge in [0.15, 0.2) is 0 Å². The second-order valence-corrected chi connectivity index (χ2v) is 15.1. The predicted molar refractivity (Wildman–Crippen MR) is 200 cm³/mol. The number of carbonyl (C=O) groups excluding carboxylic acids is 4. The topological polar surface area (TPSA) is 123 Å². The SMILES string of the molecule is COC(=O)c1c(NC(=O)CSc2cccc(NC(=O)/C(=C/c3cccc(OC)c3)NC(=O)c3ccccc3)c2)sc2c1CCC(C(C)(C)C)C2. The van der Waals surface area contributed by atoms with Crippen molar-refractivity contribution in [1.29, 1.82) is 0 Å². The van der Waals surface area contributed by atoms with Gasteiger partial charge >= 0.3 is 5.97 Å². The normalized spacial score (nSPS) is 14.3. The molecule has 1 aliphatic rings. The molecule has 0 spiro atoms. The van der Waals surface area contributed by atoms with Gasteiger partial charge in [0.2, 0.25) is 5.91 Å². The molecule has 5 rings (SSSR count). The summed E-state index contributed by atoms with van der Waals surface area (Å²) in [5, 5.41) is 9.09. The Bertz CT molecular complexity index is 1910. The van der Waals surface area contributed by atoms with Gasteiger partial charge in [0.05, 0.1) is 25.5 Å². The van der Waals surface area contributed by atoms with Crippen LogP contribution in [0, 0.1) is 11.3 Å². The van der Waals surface area contributed by atoms with E-state index in [2.05, 4.69) is 36.7 Å². The van der Waals surface area contributed by atoms with Crippen molar-refractivity contribution in [2.75, 3.05) is 30.6 Å². The van der Waals surface area contributed by atoms with Gasteiger partial charge in [-0.1, -0.05) is 57.2 Å². The molecular formula is C39H41N3O6S2. The molecule has 3 aromatic carbocycles. The van der Waals surface area contributed by atoms with E-state index in [0.29, 0.717) is 39.0 Å². The molecule has 9 nitrogen and oxygen atoms in total. The first-order chi connectivity index (χ1) is 23.9. The van der Waals surface area contributed by atoms with Crippen molar-refractivity contribution in [3.8, 4) is 5.75 Å². The maximum Gasteiger partial charge on any atom is 0.341 e. The van der Waals surface area contributed by atoms with Gasteiger partial charge in [0, 0.05) is 21.0 Å². The summed E-state index contributed by atoms with van der Waals surface area (Å²) in [4.78, 5) is 54.4. The zero-order valence-electron chi connectivity index (χ0n) is 28.8. The lowest BCUT2D eigenvalue weighted by Crippen LogP contribution is -2.30. The Kier molecular flexibility index (Phi) is 11.8. The Hall–Kier alpha value is -4.87. The van der Waals surface area contributed by atoms with Crippen LogP contribution in [0.1, 0.15) is 63.9 Å². The number of methoxy groups -OCH3 is 2. The Balaban J connectivity index is 1.27. The van der Waals surface area contributed by atoms with E-state index in [0.717, 1.165) is 34.6 Å². The van der Waals surface area contributed by atoms with Crippen LogP contribution >= 0.6 is 23.1 Å². The van der Waals surface area contributed by atoms with Crippen LogP contribution in [0.2, 0.25) is 0 Å². The molecule has 50 heavy (non-hydrogen) atoms. The third-order valence-electron chi connectivity index (χ3n) is 8.53. The number of hydrogen-bond acceptors (Lipinski definition) is 8. The van der Waals surface area contributed by atoms with E-state index in [1.54, 1.807) is 79.9 Å². The average Bonchev–Trinajstić information content (AvgIpc) is 3.47. The fourth-order valence-electron chi connectivity index (χ4n) is 5.75. The monoisotopic (exact) mass is 711 g/mol. The van der Waals surface area contributed by atoms with E-state index in [1.165, 1.54) is 30.2 Å². The summed E-state index contributed by atoms with van der Waals surface area (Å²) in [6.45, 7) is 6.71. The molecule has 0 saturated carbocycles. The molecule has 0 aliphatic heterocycles. The van der Waals surface area contributed by atoms with Gasteiger partial charge in [-0.25, -0.2) is 4.79 Å². The van der Waals surface area contributed by atoms with Gasteiger partial charge in [-0.05, 0) is 90.3 Å². The van der Waals surface area contributed by atoms with Crippen LogP contribution in [0.15, 0.2) is 89.5 Å². The van der Waals surface area contributed by atoms with E-state index >= 15 is 0 Å². The molecule has 1 aromatic heterocycles. The predicted octanol–water partition coefficient (Wildman–Crippen LogP) is 7.83. The van der Waals surface area contributed by atoms with Gasteiger partial charge in [0.25, 0.3) is 11.8 Å². The van der Waals surface area contributed by atoms with Crippen molar-refractivity contribution in [1.82, 2.24) is 5.32 Å². The second-order valence-electron chi connectivity index (χ2n) is 13.0. The Morgan fingerprint density at radius 1 is 0.940 bits per heavy atom. The summed E-state index contributed by atoms with van der Waals surface area (Å²) in [6.07, 6.45) is 4.19. The number of thiophene rings is 1. The van der Waals surface area contributed by atoms with E-state index in [9.17, 15) is 19.2 Å². The van der Waals surface area contributed by atoms with Crippen molar-refractivity contribution in [2.24, 2.45) is 11.3 Å².